The standard InChI is InChI=1S/C21H19FN4O2S/c1-28-16-10-6-12(7-11-16)17-19(18(27)13-4-8-15(22)9-5-13)29-21-24-23-20(14-2-3-14)26(21)25-17/h4-11,14,17,19,25H,2-3H2,1H3/t17-,19+/m0/s1. The number of methoxy groups -OCH3 is 1. The summed E-state index contributed by atoms with van der Waals surface area (Å²) in [6.45, 7) is 0. The summed E-state index contributed by atoms with van der Waals surface area (Å²) < 4.78 is 20.5. The zero-order chi connectivity index (χ0) is 20.0. The molecule has 1 fully saturated rings. The molecular formula is C21H19FN4O2S. The van der Waals surface area contributed by atoms with Crippen LogP contribution < -0.4 is 10.2 Å². The second-order valence-corrected chi connectivity index (χ2v) is 8.35. The van der Waals surface area contributed by atoms with Crippen LogP contribution in [0, 0.1) is 5.82 Å². The molecule has 5 rings (SSSR count). The Labute approximate surface area is 171 Å². The molecule has 0 unspecified atom stereocenters. The van der Waals surface area contributed by atoms with Crippen molar-refractivity contribution in [1.29, 1.82) is 0 Å². The lowest BCUT2D eigenvalue weighted by atomic mass is 9.97. The van der Waals surface area contributed by atoms with Crippen molar-refractivity contribution in [3.8, 4) is 5.75 Å². The Hall–Kier alpha value is -2.87. The number of fused-ring (bicyclic) bond motifs is 1. The van der Waals surface area contributed by atoms with Crippen molar-refractivity contribution >= 4 is 17.5 Å². The summed E-state index contributed by atoms with van der Waals surface area (Å²) in [6, 6.07) is 13.0. The van der Waals surface area contributed by atoms with Gasteiger partial charge in [0.2, 0.25) is 5.16 Å². The Bertz CT molecular complexity index is 1050. The largest absolute Gasteiger partial charge is 0.497 e. The van der Waals surface area contributed by atoms with Crippen LogP contribution in [0.2, 0.25) is 0 Å². The molecule has 2 aliphatic rings. The molecule has 2 atom stereocenters. The number of ether oxygens (including phenoxy) is 1. The third kappa shape index (κ3) is 3.37. The van der Waals surface area contributed by atoms with Gasteiger partial charge in [0.1, 0.15) is 16.8 Å². The van der Waals surface area contributed by atoms with Gasteiger partial charge in [-0.3, -0.25) is 4.79 Å². The number of rotatable bonds is 5. The maximum atomic E-state index is 13.3. The van der Waals surface area contributed by atoms with Gasteiger partial charge >= 0.3 is 0 Å². The number of hydrogen-bond acceptors (Lipinski definition) is 6. The monoisotopic (exact) mass is 410 g/mol. The first-order valence-corrected chi connectivity index (χ1v) is 10.3. The predicted octanol–water partition coefficient (Wildman–Crippen LogP) is 3.95. The zero-order valence-electron chi connectivity index (χ0n) is 15.7. The molecular weight excluding hydrogens is 391 g/mol. The summed E-state index contributed by atoms with van der Waals surface area (Å²) in [6.07, 6.45) is 2.21. The van der Waals surface area contributed by atoms with E-state index in [4.69, 9.17) is 4.74 Å². The Morgan fingerprint density at radius 2 is 1.86 bits per heavy atom. The van der Waals surface area contributed by atoms with Gasteiger partial charge in [0.15, 0.2) is 11.6 Å². The molecule has 1 aromatic heterocycles. The number of nitrogens with zero attached hydrogens (tertiary/aromatic N) is 3. The van der Waals surface area contributed by atoms with E-state index in [1.807, 2.05) is 28.9 Å². The minimum Gasteiger partial charge on any atom is -0.497 e. The van der Waals surface area contributed by atoms with Crippen LogP contribution in [-0.4, -0.2) is 33.0 Å². The molecule has 1 saturated carbocycles. The van der Waals surface area contributed by atoms with Gasteiger partial charge in [0, 0.05) is 11.5 Å². The van der Waals surface area contributed by atoms with Crippen molar-refractivity contribution in [1.82, 2.24) is 14.9 Å². The third-order valence-corrected chi connectivity index (χ3v) is 6.48. The SMILES string of the molecule is COc1ccc([C@@H]2Nn3c(nnc3C3CC3)S[C@H]2C(=O)c2ccc(F)cc2)cc1. The Kier molecular flexibility index (Phi) is 4.50. The minimum atomic E-state index is -0.461. The molecule has 1 aliphatic heterocycles. The zero-order valence-corrected chi connectivity index (χ0v) is 16.5. The molecule has 29 heavy (non-hydrogen) atoms. The fourth-order valence-electron chi connectivity index (χ4n) is 3.52. The predicted molar refractivity (Wildman–Crippen MR) is 107 cm³/mol. The summed E-state index contributed by atoms with van der Waals surface area (Å²) in [5.74, 6) is 1.65. The maximum absolute atomic E-state index is 13.3. The molecule has 1 N–H and O–H groups in total. The second kappa shape index (κ2) is 7.18. The molecule has 0 bridgehead atoms. The summed E-state index contributed by atoms with van der Waals surface area (Å²) in [7, 11) is 1.62. The molecule has 0 radical (unpaired) electrons. The highest BCUT2D eigenvalue weighted by molar-refractivity contribution is 8.00. The lowest BCUT2D eigenvalue weighted by Crippen LogP contribution is -2.39. The highest BCUT2D eigenvalue weighted by Crippen LogP contribution is 2.44. The van der Waals surface area contributed by atoms with Gasteiger partial charge in [0.25, 0.3) is 0 Å². The second-order valence-electron chi connectivity index (χ2n) is 7.24. The maximum Gasteiger partial charge on any atom is 0.210 e. The van der Waals surface area contributed by atoms with Crippen molar-refractivity contribution in [2.75, 3.05) is 12.5 Å². The molecule has 0 spiro atoms. The lowest BCUT2D eigenvalue weighted by Gasteiger charge is -2.33. The molecule has 1 aliphatic carbocycles. The lowest BCUT2D eigenvalue weighted by molar-refractivity contribution is 0.0980. The van der Waals surface area contributed by atoms with Crippen LogP contribution in [0.15, 0.2) is 53.7 Å². The average Bonchev–Trinajstić information content (AvgIpc) is 3.52. The highest BCUT2D eigenvalue weighted by Gasteiger charge is 2.40. The van der Waals surface area contributed by atoms with Crippen molar-refractivity contribution in [2.45, 2.75) is 35.2 Å². The van der Waals surface area contributed by atoms with E-state index in [1.54, 1.807) is 7.11 Å². The molecule has 2 aromatic carbocycles. The van der Waals surface area contributed by atoms with E-state index in [0.29, 0.717) is 16.6 Å². The minimum absolute atomic E-state index is 0.0782. The van der Waals surface area contributed by atoms with Gasteiger partial charge in [-0.1, -0.05) is 23.9 Å². The molecule has 8 heteroatoms. The van der Waals surface area contributed by atoms with E-state index in [-0.39, 0.29) is 17.6 Å². The first-order valence-electron chi connectivity index (χ1n) is 9.46. The van der Waals surface area contributed by atoms with E-state index in [1.165, 1.54) is 36.0 Å². The summed E-state index contributed by atoms with van der Waals surface area (Å²) in [5.41, 5.74) is 4.90. The smallest absolute Gasteiger partial charge is 0.210 e. The van der Waals surface area contributed by atoms with E-state index in [9.17, 15) is 9.18 Å². The van der Waals surface area contributed by atoms with Crippen LogP contribution >= 0.6 is 11.8 Å². The first-order chi connectivity index (χ1) is 14.1. The summed E-state index contributed by atoms with van der Waals surface area (Å²) in [5, 5.41) is 8.85. The average molecular weight is 410 g/mol. The number of benzene rings is 2. The van der Waals surface area contributed by atoms with Gasteiger partial charge in [-0.05, 0) is 54.8 Å². The number of thioether (sulfide) groups is 1. The van der Waals surface area contributed by atoms with Gasteiger partial charge < -0.3 is 10.2 Å². The highest BCUT2D eigenvalue weighted by atomic mass is 32.2. The van der Waals surface area contributed by atoms with E-state index in [2.05, 4.69) is 15.6 Å². The fraction of sp³-hybridized carbons (Fsp3) is 0.286. The van der Waals surface area contributed by atoms with Crippen LogP contribution in [0.5, 0.6) is 5.75 Å². The fourth-order valence-corrected chi connectivity index (χ4v) is 4.68. The Balaban J connectivity index is 1.53. The van der Waals surface area contributed by atoms with E-state index >= 15 is 0 Å². The molecule has 2 heterocycles. The third-order valence-electron chi connectivity index (χ3n) is 5.27. The quantitative estimate of drug-likeness (QED) is 0.643. The molecule has 6 nitrogen and oxygen atoms in total. The van der Waals surface area contributed by atoms with Gasteiger partial charge in [-0.2, -0.15) is 0 Å². The number of halogens is 1. The van der Waals surface area contributed by atoms with Crippen molar-refractivity contribution in [3.63, 3.8) is 0 Å². The van der Waals surface area contributed by atoms with Crippen LogP contribution in [-0.2, 0) is 0 Å². The van der Waals surface area contributed by atoms with Crippen LogP contribution in [0.4, 0.5) is 4.39 Å². The van der Waals surface area contributed by atoms with Crippen LogP contribution in [0.1, 0.15) is 46.5 Å². The number of nitrogens with one attached hydrogen (secondary N) is 1. The number of carbonyl (C=O) groups excluding carboxylic acids is 1. The molecule has 148 valence electrons. The van der Waals surface area contributed by atoms with Crippen molar-refractivity contribution in [3.05, 3.63) is 71.3 Å². The number of hydrogen-bond donors (Lipinski definition) is 1. The first kappa shape index (κ1) is 18.2. The summed E-state index contributed by atoms with van der Waals surface area (Å²) >= 11 is 1.40. The summed E-state index contributed by atoms with van der Waals surface area (Å²) in [4.78, 5) is 13.3. The van der Waals surface area contributed by atoms with Crippen LogP contribution in [0.3, 0.4) is 0 Å². The van der Waals surface area contributed by atoms with Crippen molar-refractivity contribution < 1.29 is 13.9 Å². The molecule has 0 saturated heterocycles. The number of carbonyl (C=O) groups is 1. The van der Waals surface area contributed by atoms with E-state index < -0.39 is 5.25 Å². The molecule has 0 amide bonds. The topological polar surface area (TPSA) is 69.0 Å². The molecule has 3 aromatic rings. The number of Topliss-reactive ketones (excluding diaryl/α,β-unsaturated/α-hetero) is 1. The van der Waals surface area contributed by atoms with Gasteiger partial charge in [0.05, 0.1) is 13.2 Å². The van der Waals surface area contributed by atoms with E-state index in [0.717, 1.165) is 30.0 Å². The number of ketones is 1. The van der Waals surface area contributed by atoms with Gasteiger partial charge in [-0.25, -0.2) is 9.07 Å². The normalized spacial score (nSPS) is 20.6. The van der Waals surface area contributed by atoms with Gasteiger partial charge in [-0.15, -0.1) is 10.2 Å². The Morgan fingerprint density at radius 1 is 1.14 bits per heavy atom. The van der Waals surface area contributed by atoms with Crippen LogP contribution in [0.25, 0.3) is 0 Å². The van der Waals surface area contributed by atoms with Crippen molar-refractivity contribution in [2.24, 2.45) is 0 Å². The number of aromatic nitrogens is 3. The Morgan fingerprint density at radius 3 is 2.52 bits per heavy atom.